The molecule has 0 aromatic heterocycles. The zero-order valence-corrected chi connectivity index (χ0v) is 14.3. The Morgan fingerprint density at radius 1 is 1.18 bits per heavy atom. The maximum Gasteiger partial charge on any atom is 0.225 e. The molecular weight excluding hydrogens is 276 g/mol. The second-order valence-electron chi connectivity index (χ2n) is 6.70. The first-order valence-corrected chi connectivity index (χ1v) is 7.82. The first kappa shape index (κ1) is 18.2. The van der Waals surface area contributed by atoms with Gasteiger partial charge in [0.25, 0.3) is 0 Å². The predicted molar refractivity (Wildman–Crippen MR) is 89.3 cm³/mol. The predicted octanol–water partition coefficient (Wildman–Crippen LogP) is 3.15. The molecule has 0 radical (unpaired) electrons. The fourth-order valence-corrected chi connectivity index (χ4v) is 2.05. The van der Waals surface area contributed by atoms with E-state index in [4.69, 9.17) is 0 Å². The largest absolute Gasteiger partial charge is 0.356 e. The third-order valence-corrected chi connectivity index (χ3v) is 3.79. The van der Waals surface area contributed by atoms with Crippen LogP contribution in [0.4, 0.5) is 0 Å². The molecule has 0 aliphatic heterocycles. The molecule has 1 rings (SSSR count). The van der Waals surface area contributed by atoms with Crippen LogP contribution in [-0.2, 0) is 9.59 Å². The van der Waals surface area contributed by atoms with Crippen LogP contribution in [-0.4, -0.2) is 30.3 Å². The van der Waals surface area contributed by atoms with Crippen LogP contribution in [0.5, 0.6) is 0 Å². The molecule has 1 N–H and O–H groups in total. The molecule has 0 bridgehead atoms. The minimum Gasteiger partial charge on any atom is -0.356 e. The van der Waals surface area contributed by atoms with Gasteiger partial charge in [-0.05, 0) is 18.9 Å². The fraction of sp³-hybridized carbons (Fsp3) is 0.556. The number of carbonyl (C=O) groups is 2. The highest BCUT2D eigenvalue weighted by molar-refractivity contribution is 5.81. The summed E-state index contributed by atoms with van der Waals surface area (Å²) < 4.78 is 0. The van der Waals surface area contributed by atoms with Crippen molar-refractivity contribution < 1.29 is 9.59 Å². The molecule has 0 spiro atoms. The molecule has 4 nitrogen and oxygen atoms in total. The molecule has 0 fully saturated rings. The Hall–Kier alpha value is -1.84. The van der Waals surface area contributed by atoms with Gasteiger partial charge in [0, 0.05) is 25.4 Å². The summed E-state index contributed by atoms with van der Waals surface area (Å²) in [4.78, 5) is 25.7. The zero-order valence-electron chi connectivity index (χ0n) is 14.3. The normalized spacial score (nSPS) is 12.6. The van der Waals surface area contributed by atoms with Crippen molar-refractivity contribution in [3.05, 3.63) is 35.9 Å². The Morgan fingerprint density at radius 2 is 1.77 bits per heavy atom. The van der Waals surface area contributed by atoms with Crippen molar-refractivity contribution in [2.45, 2.75) is 46.6 Å². The quantitative estimate of drug-likeness (QED) is 0.821. The topological polar surface area (TPSA) is 49.4 Å². The van der Waals surface area contributed by atoms with E-state index in [2.05, 4.69) is 5.32 Å². The Bertz CT molecular complexity index is 492. The lowest BCUT2D eigenvalue weighted by molar-refractivity contribution is -0.132. The number of amides is 2. The van der Waals surface area contributed by atoms with Gasteiger partial charge in [0.15, 0.2) is 0 Å². The molecule has 1 atom stereocenters. The van der Waals surface area contributed by atoms with Gasteiger partial charge in [-0.25, -0.2) is 0 Å². The standard InChI is InChI=1S/C18H28N2O2/c1-14(15-10-7-6-8-11-15)20(5)16(21)12-9-13-19-17(22)18(2,3)4/h6-8,10-11,14H,9,12-13H2,1-5H3,(H,19,22)/t14-/m1/s1. The first-order chi connectivity index (χ1) is 10.2. The molecule has 1 aromatic carbocycles. The van der Waals surface area contributed by atoms with Crippen molar-refractivity contribution in [2.75, 3.05) is 13.6 Å². The molecule has 0 heterocycles. The van der Waals surface area contributed by atoms with Gasteiger partial charge in [0.2, 0.25) is 11.8 Å². The summed E-state index contributed by atoms with van der Waals surface area (Å²) in [5.74, 6) is 0.118. The molecule has 0 unspecified atom stereocenters. The number of nitrogens with one attached hydrogen (secondary N) is 1. The summed E-state index contributed by atoms with van der Waals surface area (Å²) in [5, 5.41) is 2.87. The highest BCUT2D eigenvalue weighted by atomic mass is 16.2. The van der Waals surface area contributed by atoms with Gasteiger partial charge in [0.05, 0.1) is 6.04 Å². The van der Waals surface area contributed by atoms with E-state index >= 15 is 0 Å². The van der Waals surface area contributed by atoms with E-state index in [0.717, 1.165) is 5.56 Å². The van der Waals surface area contributed by atoms with Crippen LogP contribution in [0.3, 0.4) is 0 Å². The molecule has 0 aliphatic carbocycles. The van der Waals surface area contributed by atoms with Gasteiger partial charge in [-0.3, -0.25) is 9.59 Å². The number of hydrogen-bond acceptors (Lipinski definition) is 2. The van der Waals surface area contributed by atoms with E-state index in [1.165, 1.54) is 0 Å². The van der Waals surface area contributed by atoms with Crippen LogP contribution in [0.25, 0.3) is 0 Å². The second-order valence-corrected chi connectivity index (χ2v) is 6.70. The Kier molecular flexibility index (Phi) is 6.60. The van der Waals surface area contributed by atoms with E-state index in [1.807, 2.05) is 65.1 Å². The van der Waals surface area contributed by atoms with Crippen molar-refractivity contribution in [3.8, 4) is 0 Å². The maximum atomic E-state index is 12.2. The van der Waals surface area contributed by atoms with Crippen molar-refractivity contribution in [2.24, 2.45) is 5.41 Å². The number of hydrogen-bond donors (Lipinski definition) is 1. The summed E-state index contributed by atoms with van der Waals surface area (Å²) >= 11 is 0. The van der Waals surface area contributed by atoms with Crippen LogP contribution in [0.1, 0.15) is 52.1 Å². The van der Waals surface area contributed by atoms with Gasteiger partial charge < -0.3 is 10.2 Å². The van der Waals surface area contributed by atoms with Crippen LogP contribution in [0.15, 0.2) is 30.3 Å². The SMILES string of the molecule is C[C@H](c1ccccc1)N(C)C(=O)CCCNC(=O)C(C)(C)C. The Labute approximate surface area is 133 Å². The van der Waals surface area contributed by atoms with Crippen molar-refractivity contribution in [3.63, 3.8) is 0 Å². The smallest absolute Gasteiger partial charge is 0.225 e. The summed E-state index contributed by atoms with van der Waals surface area (Å²) in [6.07, 6.45) is 1.10. The van der Waals surface area contributed by atoms with Crippen LogP contribution in [0, 0.1) is 5.41 Å². The third kappa shape index (κ3) is 5.51. The van der Waals surface area contributed by atoms with Crippen molar-refractivity contribution >= 4 is 11.8 Å². The fourth-order valence-electron chi connectivity index (χ4n) is 2.05. The Morgan fingerprint density at radius 3 is 2.32 bits per heavy atom. The van der Waals surface area contributed by atoms with Crippen LogP contribution < -0.4 is 5.32 Å². The van der Waals surface area contributed by atoms with Gasteiger partial charge in [-0.2, -0.15) is 0 Å². The minimum atomic E-state index is -0.386. The Balaban J connectivity index is 2.38. The maximum absolute atomic E-state index is 12.2. The summed E-state index contributed by atoms with van der Waals surface area (Å²) in [7, 11) is 1.83. The number of rotatable bonds is 6. The highest BCUT2D eigenvalue weighted by Gasteiger charge is 2.21. The lowest BCUT2D eigenvalue weighted by atomic mass is 9.96. The molecule has 2 amide bonds. The van der Waals surface area contributed by atoms with Crippen molar-refractivity contribution in [1.82, 2.24) is 10.2 Å². The molecule has 4 heteroatoms. The third-order valence-electron chi connectivity index (χ3n) is 3.79. The van der Waals surface area contributed by atoms with Gasteiger partial charge in [-0.1, -0.05) is 51.1 Å². The van der Waals surface area contributed by atoms with Gasteiger partial charge in [0.1, 0.15) is 0 Å². The molecular formula is C18H28N2O2. The zero-order chi connectivity index (χ0) is 16.8. The molecule has 22 heavy (non-hydrogen) atoms. The summed E-state index contributed by atoms with van der Waals surface area (Å²) in [6.45, 7) is 8.19. The lowest BCUT2D eigenvalue weighted by Crippen LogP contribution is -2.36. The van der Waals surface area contributed by atoms with Gasteiger partial charge >= 0.3 is 0 Å². The molecule has 0 saturated heterocycles. The molecule has 0 saturated carbocycles. The van der Waals surface area contributed by atoms with Crippen LogP contribution in [0.2, 0.25) is 0 Å². The number of benzene rings is 1. The highest BCUT2D eigenvalue weighted by Crippen LogP contribution is 2.19. The second kappa shape index (κ2) is 7.97. The average Bonchev–Trinajstić information content (AvgIpc) is 2.49. The first-order valence-electron chi connectivity index (χ1n) is 7.82. The van der Waals surface area contributed by atoms with E-state index in [-0.39, 0.29) is 23.3 Å². The van der Waals surface area contributed by atoms with Gasteiger partial charge in [-0.15, -0.1) is 0 Å². The molecule has 122 valence electrons. The molecule has 0 aliphatic rings. The van der Waals surface area contributed by atoms with E-state index in [1.54, 1.807) is 4.90 Å². The van der Waals surface area contributed by atoms with Crippen LogP contribution >= 0.6 is 0 Å². The number of nitrogens with zero attached hydrogens (tertiary/aromatic N) is 1. The monoisotopic (exact) mass is 304 g/mol. The van der Waals surface area contributed by atoms with E-state index in [9.17, 15) is 9.59 Å². The summed E-state index contributed by atoms with van der Waals surface area (Å²) in [5.41, 5.74) is 0.738. The number of carbonyl (C=O) groups excluding carboxylic acids is 2. The lowest BCUT2D eigenvalue weighted by Gasteiger charge is -2.25. The van der Waals surface area contributed by atoms with E-state index in [0.29, 0.717) is 19.4 Å². The molecule has 1 aromatic rings. The van der Waals surface area contributed by atoms with E-state index < -0.39 is 0 Å². The average molecular weight is 304 g/mol. The minimum absolute atomic E-state index is 0.0194. The van der Waals surface area contributed by atoms with Crippen molar-refractivity contribution in [1.29, 1.82) is 0 Å². The summed E-state index contributed by atoms with van der Waals surface area (Å²) in [6, 6.07) is 10.0.